The van der Waals surface area contributed by atoms with E-state index >= 15 is 0 Å². The number of ether oxygens (including phenoxy) is 1. The molecule has 1 aliphatic carbocycles. The Kier molecular flexibility index (Phi) is 4.22. The summed E-state index contributed by atoms with van der Waals surface area (Å²) >= 11 is 0. The maximum absolute atomic E-state index is 12.8. The molecular weight excluding hydrogens is 286 g/mol. The first kappa shape index (κ1) is 14.9. The number of benzene rings is 1. The molecule has 2 atom stereocenters. The lowest BCUT2D eigenvalue weighted by Gasteiger charge is -2.33. The second-order valence-electron chi connectivity index (χ2n) is 6.13. The molecule has 21 heavy (non-hydrogen) atoms. The monoisotopic (exact) mass is 309 g/mol. The molecule has 3 rings (SSSR count). The molecule has 1 fully saturated rings. The first-order valence-corrected chi connectivity index (χ1v) is 9.44. The van der Waals surface area contributed by atoms with Crippen molar-refractivity contribution in [1.82, 2.24) is 5.32 Å². The van der Waals surface area contributed by atoms with E-state index in [1.54, 1.807) is 0 Å². The van der Waals surface area contributed by atoms with E-state index in [1.807, 2.05) is 31.3 Å². The average molecular weight is 309 g/mol. The Morgan fingerprint density at radius 3 is 2.67 bits per heavy atom. The third kappa shape index (κ3) is 2.94. The van der Waals surface area contributed by atoms with E-state index in [9.17, 15) is 8.42 Å². The van der Waals surface area contributed by atoms with Crippen molar-refractivity contribution in [2.75, 3.05) is 19.4 Å². The van der Waals surface area contributed by atoms with Crippen molar-refractivity contribution in [3.05, 3.63) is 29.8 Å². The summed E-state index contributed by atoms with van der Waals surface area (Å²) in [4.78, 5) is 0. The van der Waals surface area contributed by atoms with Crippen molar-refractivity contribution >= 4 is 9.84 Å². The molecule has 1 saturated carbocycles. The molecule has 1 aromatic carbocycles. The molecule has 2 unspecified atom stereocenters. The molecule has 0 spiro atoms. The molecule has 0 amide bonds. The maximum Gasteiger partial charge on any atom is 0.158 e. The molecule has 0 aromatic heterocycles. The van der Waals surface area contributed by atoms with Gasteiger partial charge in [0.05, 0.1) is 11.8 Å². The van der Waals surface area contributed by atoms with Crippen LogP contribution in [0.25, 0.3) is 0 Å². The fraction of sp³-hybridized carbons (Fsp3) is 0.625. The van der Waals surface area contributed by atoms with Gasteiger partial charge in [-0.2, -0.15) is 0 Å². The van der Waals surface area contributed by atoms with E-state index in [4.69, 9.17) is 4.74 Å². The van der Waals surface area contributed by atoms with Gasteiger partial charge in [-0.1, -0.05) is 31.0 Å². The predicted molar refractivity (Wildman–Crippen MR) is 83.3 cm³/mol. The van der Waals surface area contributed by atoms with E-state index in [2.05, 4.69) is 5.32 Å². The second-order valence-corrected chi connectivity index (χ2v) is 8.40. The van der Waals surface area contributed by atoms with Crippen LogP contribution < -0.4 is 10.1 Å². The SMILES string of the molecule is CNC1c2ccccc2OCC1S(=O)(=O)CC1CCCC1. The lowest BCUT2D eigenvalue weighted by atomic mass is 10.0. The number of para-hydroxylation sites is 1. The van der Waals surface area contributed by atoms with Crippen LogP contribution in [0.1, 0.15) is 37.3 Å². The number of hydrogen-bond donors (Lipinski definition) is 1. The summed E-state index contributed by atoms with van der Waals surface area (Å²) in [6.45, 7) is 0.248. The standard InChI is InChI=1S/C16H23NO3S/c1-17-16-13-8-4-5-9-14(13)20-10-15(16)21(18,19)11-12-6-2-3-7-12/h4-5,8-9,12,15-17H,2-3,6-7,10-11H2,1H3. The van der Waals surface area contributed by atoms with Crippen molar-refractivity contribution in [1.29, 1.82) is 0 Å². The van der Waals surface area contributed by atoms with Gasteiger partial charge in [-0.25, -0.2) is 8.42 Å². The third-order valence-corrected chi connectivity index (χ3v) is 7.01. The summed E-state index contributed by atoms with van der Waals surface area (Å²) in [6.07, 6.45) is 4.43. The molecule has 1 aliphatic heterocycles. The Hall–Kier alpha value is -1.07. The van der Waals surface area contributed by atoms with E-state index < -0.39 is 15.1 Å². The maximum atomic E-state index is 12.8. The van der Waals surface area contributed by atoms with Gasteiger partial charge in [0.1, 0.15) is 17.6 Å². The summed E-state index contributed by atoms with van der Waals surface area (Å²) in [5.41, 5.74) is 0.950. The van der Waals surface area contributed by atoms with Gasteiger partial charge in [0.2, 0.25) is 0 Å². The molecule has 5 heteroatoms. The molecule has 1 aromatic rings. The third-order valence-electron chi connectivity index (χ3n) is 4.74. The van der Waals surface area contributed by atoms with Gasteiger partial charge in [0, 0.05) is 5.56 Å². The number of fused-ring (bicyclic) bond motifs is 1. The zero-order valence-corrected chi connectivity index (χ0v) is 13.2. The summed E-state index contributed by atoms with van der Waals surface area (Å²) in [6, 6.07) is 7.52. The highest BCUT2D eigenvalue weighted by Gasteiger charge is 2.40. The number of sulfone groups is 1. The number of hydrogen-bond acceptors (Lipinski definition) is 4. The largest absolute Gasteiger partial charge is 0.492 e. The Morgan fingerprint density at radius 1 is 1.24 bits per heavy atom. The van der Waals surface area contributed by atoms with Crippen LogP contribution in [0.4, 0.5) is 0 Å². The highest BCUT2D eigenvalue weighted by atomic mass is 32.2. The van der Waals surface area contributed by atoms with Gasteiger partial charge >= 0.3 is 0 Å². The molecule has 1 heterocycles. The quantitative estimate of drug-likeness (QED) is 0.927. The van der Waals surface area contributed by atoms with Crippen LogP contribution in [0, 0.1) is 5.92 Å². The summed E-state index contributed by atoms with van der Waals surface area (Å²) in [5, 5.41) is 2.69. The highest BCUT2D eigenvalue weighted by molar-refractivity contribution is 7.92. The van der Waals surface area contributed by atoms with Crippen LogP contribution in [-0.4, -0.2) is 33.1 Å². The normalized spacial score (nSPS) is 26.3. The minimum absolute atomic E-state index is 0.179. The van der Waals surface area contributed by atoms with E-state index in [0.717, 1.165) is 24.2 Å². The van der Waals surface area contributed by atoms with Crippen LogP contribution in [0.15, 0.2) is 24.3 Å². The van der Waals surface area contributed by atoms with Gasteiger partial charge in [0.15, 0.2) is 9.84 Å². The first-order valence-electron chi connectivity index (χ1n) is 7.72. The predicted octanol–water partition coefficient (Wildman–Crippen LogP) is 2.31. The smallest absolute Gasteiger partial charge is 0.158 e. The second kappa shape index (κ2) is 5.97. The van der Waals surface area contributed by atoms with Gasteiger partial charge in [0.25, 0.3) is 0 Å². The fourth-order valence-corrected chi connectivity index (χ4v) is 5.83. The lowest BCUT2D eigenvalue weighted by molar-refractivity contribution is 0.258. The molecule has 2 aliphatic rings. The van der Waals surface area contributed by atoms with E-state index in [0.29, 0.717) is 11.7 Å². The zero-order valence-electron chi connectivity index (χ0n) is 12.4. The van der Waals surface area contributed by atoms with Gasteiger partial charge in [-0.05, 0) is 31.9 Å². The van der Waals surface area contributed by atoms with E-state index in [-0.39, 0.29) is 12.6 Å². The molecule has 0 bridgehead atoms. The Labute approximate surface area is 126 Å². The summed E-state index contributed by atoms with van der Waals surface area (Å²) < 4.78 is 31.3. The fourth-order valence-electron chi connectivity index (χ4n) is 3.62. The number of rotatable bonds is 4. The van der Waals surface area contributed by atoms with Crippen LogP contribution in [-0.2, 0) is 9.84 Å². The minimum atomic E-state index is -3.16. The molecule has 1 N–H and O–H groups in total. The van der Waals surface area contributed by atoms with Crippen molar-refractivity contribution < 1.29 is 13.2 Å². The van der Waals surface area contributed by atoms with Gasteiger partial charge in [-0.15, -0.1) is 0 Å². The van der Waals surface area contributed by atoms with Crippen LogP contribution in [0.2, 0.25) is 0 Å². The van der Waals surface area contributed by atoms with Gasteiger partial charge in [-0.3, -0.25) is 0 Å². The minimum Gasteiger partial charge on any atom is -0.492 e. The summed E-state index contributed by atoms with van der Waals surface area (Å²) in [5.74, 6) is 1.44. The Bertz CT molecular complexity index is 593. The topological polar surface area (TPSA) is 55.4 Å². The van der Waals surface area contributed by atoms with Crippen molar-refractivity contribution in [2.24, 2.45) is 5.92 Å². The molecule has 116 valence electrons. The molecule has 4 nitrogen and oxygen atoms in total. The highest BCUT2D eigenvalue weighted by Crippen LogP contribution is 2.36. The average Bonchev–Trinajstić information content (AvgIpc) is 2.98. The van der Waals surface area contributed by atoms with E-state index in [1.165, 1.54) is 12.8 Å². The molecule has 0 saturated heterocycles. The van der Waals surface area contributed by atoms with Crippen LogP contribution in [0.3, 0.4) is 0 Å². The van der Waals surface area contributed by atoms with Crippen LogP contribution in [0.5, 0.6) is 5.75 Å². The Morgan fingerprint density at radius 2 is 1.95 bits per heavy atom. The molecular formula is C16H23NO3S. The lowest BCUT2D eigenvalue weighted by Crippen LogP contribution is -2.44. The first-order chi connectivity index (χ1) is 10.1. The van der Waals surface area contributed by atoms with Crippen molar-refractivity contribution in [2.45, 2.75) is 37.0 Å². The van der Waals surface area contributed by atoms with Crippen molar-refractivity contribution in [3.8, 4) is 5.75 Å². The zero-order chi connectivity index (χ0) is 14.9. The number of nitrogens with one attached hydrogen (secondary N) is 1. The molecule has 0 radical (unpaired) electrons. The van der Waals surface area contributed by atoms with Gasteiger partial charge < -0.3 is 10.1 Å². The summed E-state index contributed by atoms with van der Waals surface area (Å²) in [7, 11) is -1.33. The van der Waals surface area contributed by atoms with Crippen molar-refractivity contribution in [3.63, 3.8) is 0 Å². The van der Waals surface area contributed by atoms with Crippen LogP contribution >= 0.6 is 0 Å². The Balaban J connectivity index is 1.84.